The van der Waals surface area contributed by atoms with Crippen molar-refractivity contribution in [2.24, 2.45) is 10.2 Å². The smallest absolute Gasteiger partial charge is 0.281 e. The van der Waals surface area contributed by atoms with Gasteiger partial charge in [0.2, 0.25) is 9.84 Å². The van der Waals surface area contributed by atoms with Gasteiger partial charge in [-0.25, -0.2) is 8.42 Å². The highest BCUT2D eigenvalue weighted by Gasteiger charge is 2.23. The van der Waals surface area contributed by atoms with Crippen molar-refractivity contribution in [3.63, 3.8) is 0 Å². The van der Waals surface area contributed by atoms with Gasteiger partial charge >= 0.3 is 10.1 Å². The Balaban J connectivity index is 1.93. The Bertz CT molecular complexity index is 1230. The molecular formula is C17H14N2O5S3. The lowest BCUT2D eigenvalue weighted by Crippen LogP contribution is -2.00. The van der Waals surface area contributed by atoms with Gasteiger partial charge in [-0.3, -0.25) is 4.55 Å². The molecule has 0 bridgehead atoms. The minimum atomic E-state index is -4.45. The number of aryl methyl sites for hydroxylation is 1. The first kappa shape index (κ1) is 19.4. The van der Waals surface area contributed by atoms with Gasteiger partial charge in [-0.05, 0) is 48.9 Å². The van der Waals surface area contributed by atoms with Crippen molar-refractivity contribution >= 4 is 42.7 Å². The van der Waals surface area contributed by atoms with Crippen molar-refractivity contribution < 1.29 is 21.4 Å². The SMILES string of the molecule is Cc1cccc(/N=N/c2cccc(S(=O)(=O)c3csc(S(=O)(=O)O)c3)c2)c1. The van der Waals surface area contributed by atoms with E-state index in [1.165, 1.54) is 23.6 Å². The molecule has 0 radical (unpaired) electrons. The first-order valence-electron chi connectivity index (χ1n) is 7.56. The van der Waals surface area contributed by atoms with Crippen molar-refractivity contribution in [1.82, 2.24) is 0 Å². The number of azo groups is 1. The van der Waals surface area contributed by atoms with E-state index in [1.807, 2.05) is 25.1 Å². The van der Waals surface area contributed by atoms with E-state index in [1.54, 1.807) is 12.1 Å². The molecule has 0 saturated carbocycles. The molecular weight excluding hydrogens is 408 g/mol. The fourth-order valence-electron chi connectivity index (χ4n) is 2.23. The van der Waals surface area contributed by atoms with Gasteiger partial charge in [-0.2, -0.15) is 18.6 Å². The fourth-order valence-corrected chi connectivity index (χ4v) is 5.51. The average Bonchev–Trinajstić information content (AvgIpc) is 3.12. The van der Waals surface area contributed by atoms with Gasteiger partial charge in [-0.15, -0.1) is 11.3 Å². The quantitative estimate of drug-likeness (QED) is 0.478. The normalized spacial score (nSPS) is 12.5. The van der Waals surface area contributed by atoms with Gasteiger partial charge in [0.25, 0.3) is 0 Å². The number of thiophene rings is 1. The maximum Gasteiger partial charge on any atom is 0.304 e. The Labute approximate surface area is 160 Å². The summed E-state index contributed by atoms with van der Waals surface area (Å²) in [6.45, 7) is 1.92. The largest absolute Gasteiger partial charge is 0.304 e. The van der Waals surface area contributed by atoms with Crippen LogP contribution in [-0.2, 0) is 20.0 Å². The Morgan fingerprint density at radius 3 is 2.07 bits per heavy atom. The number of hydrogen-bond acceptors (Lipinski definition) is 7. The number of nitrogens with zero attached hydrogens (tertiary/aromatic N) is 2. The van der Waals surface area contributed by atoms with Gasteiger partial charge in [0.15, 0.2) is 0 Å². The molecule has 1 N–H and O–H groups in total. The summed E-state index contributed by atoms with van der Waals surface area (Å²) in [5.41, 5.74) is 2.00. The lowest BCUT2D eigenvalue weighted by atomic mass is 10.2. The molecule has 0 amide bonds. The van der Waals surface area contributed by atoms with Crippen LogP contribution in [0.25, 0.3) is 0 Å². The zero-order chi connectivity index (χ0) is 19.7. The topological polar surface area (TPSA) is 113 Å². The summed E-state index contributed by atoms with van der Waals surface area (Å²) in [4.78, 5) is -0.268. The Hall–Kier alpha value is -2.40. The monoisotopic (exact) mass is 422 g/mol. The van der Waals surface area contributed by atoms with Crippen molar-refractivity contribution in [1.29, 1.82) is 0 Å². The molecule has 0 unspecified atom stereocenters. The van der Waals surface area contributed by atoms with E-state index >= 15 is 0 Å². The molecule has 0 aliphatic heterocycles. The summed E-state index contributed by atoms with van der Waals surface area (Å²) in [7, 11) is -8.41. The van der Waals surface area contributed by atoms with Gasteiger partial charge in [-0.1, -0.05) is 18.2 Å². The highest BCUT2D eigenvalue weighted by molar-refractivity contribution is 7.92. The van der Waals surface area contributed by atoms with Crippen LogP contribution in [0.15, 0.2) is 84.2 Å². The molecule has 1 aromatic heterocycles. The Kier molecular flexibility index (Phi) is 5.24. The van der Waals surface area contributed by atoms with Crippen LogP contribution < -0.4 is 0 Å². The van der Waals surface area contributed by atoms with Gasteiger partial charge in [0, 0.05) is 5.38 Å². The third-order valence-corrected chi connectivity index (χ3v) is 7.68. The molecule has 3 aromatic rings. The van der Waals surface area contributed by atoms with E-state index in [2.05, 4.69) is 10.2 Å². The molecule has 7 nitrogen and oxygen atoms in total. The molecule has 0 spiro atoms. The van der Waals surface area contributed by atoms with Crippen molar-refractivity contribution in [2.75, 3.05) is 0 Å². The van der Waals surface area contributed by atoms with E-state index in [9.17, 15) is 16.8 Å². The Morgan fingerprint density at radius 2 is 1.48 bits per heavy atom. The number of benzene rings is 2. The average molecular weight is 423 g/mol. The van der Waals surface area contributed by atoms with Gasteiger partial charge in [0.05, 0.1) is 21.2 Å². The minimum Gasteiger partial charge on any atom is -0.281 e. The first-order chi connectivity index (χ1) is 12.7. The second kappa shape index (κ2) is 7.31. The predicted octanol–water partition coefficient (Wildman–Crippen LogP) is 4.55. The van der Waals surface area contributed by atoms with Crippen LogP contribution in [-0.4, -0.2) is 21.4 Å². The van der Waals surface area contributed by atoms with Crippen molar-refractivity contribution in [2.45, 2.75) is 20.9 Å². The highest BCUT2D eigenvalue weighted by Crippen LogP contribution is 2.30. The zero-order valence-corrected chi connectivity index (χ0v) is 16.4. The number of rotatable bonds is 5. The third kappa shape index (κ3) is 4.48. The molecule has 3 rings (SSSR count). The van der Waals surface area contributed by atoms with Crippen molar-refractivity contribution in [3.8, 4) is 0 Å². The minimum absolute atomic E-state index is 0.0529. The third-order valence-electron chi connectivity index (χ3n) is 3.53. The van der Waals surface area contributed by atoms with Gasteiger partial charge in [0.1, 0.15) is 4.21 Å². The van der Waals surface area contributed by atoms with Crippen LogP contribution >= 0.6 is 11.3 Å². The lowest BCUT2D eigenvalue weighted by Gasteiger charge is -2.03. The summed E-state index contributed by atoms with van der Waals surface area (Å²) in [5, 5.41) is 9.31. The summed E-state index contributed by atoms with van der Waals surface area (Å²) in [6, 6.07) is 14.2. The van der Waals surface area contributed by atoms with E-state index in [0.29, 0.717) is 22.7 Å². The molecule has 0 saturated heterocycles. The Morgan fingerprint density at radius 1 is 0.852 bits per heavy atom. The molecule has 1 heterocycles. The molecule has 27 heavy (non-hydrogen) atoms. The van der Waals surface area contributed by atoms with E-state index in [0.717, 1.165) is 11.6 Å². The van der Waals surface area contributed by atoms with Crippen LogP contribution in [0.3, 0.4) is 0 Å². The van der Waals surface area contributed by atoms with Crippen LogP contribution in [0.5, 0.6) is 0 Å². The van der Waals surface area contributed by atoms with E-state index < -0.39 is 24.2 Å². The van der Waals surface area contributed by atoms with Crippen molar-refractivity contribution in [3.05, 3.63) is 65.5 Å². The van der Waals surface area contributed by atoms with E-state index in [-0.39, 0.29) is 9.79 Å². The van der Waals surface area contributed by atoms with Crippen LogP contribution in [0.1, 0.15) is 5.56 Å². The van der Waals surface area contributed by atoms with E-state index in [4.69, 9.17) is 4.55 Å². The molecule has 0 atom stereocenters. The first-order valence-corrected chi connectivity index (χ1v) is 11.4. The summed E-state index contributed by atoms with van der Waals surface area (Å²) in [5.74, 6) is 0. The molecule has 10 heteroatoms. The molecule has 0 aliphatic carbocycles. The molecule has 0 fully saturated rings. The summed E-state index contributed by atoms with van der Waals surface area (Å²) < 4.78 is 56.3. The summed E-state index contributed by atoms with van der Waals surface area (Å²) >= 11 is 0.632. The second-order valence-electron chi connectivity index (χ2n) is 5.62. The second-order valence-corrected chi connectivity index (χ2v) is 10.1. The number of hydrogen-bond donors (Lipinski definition) is 1. The molecule has 2 aromatic carbocycles. The lowest BCUT2D eigenvalue weighted by molar-refractivity contribution is 0.485. The number of sulfone groups is 1. The molecule has 0 aliphatic rings. The van der Waals surface area contributed by atoms with Crippen LogP contribution in [0, 0.1) is 6.92 Å². The predicted molar refractivity (Wildman–Crippen MR) is 101 cm³/mol. The maximum atomic E-state index is 12.7. The maximum absolute atomic E-state index is 12.7. The molecule has 140 valence electrons. The fraction of sp³-hybridized carbons (Fsp3) is 0.0588. The zero-order valence-electron chi connectivity index (χ0n) is 14.0. The standard InChI is InChI=1S/C17H14N2O5S3/c1-12-4-2-5-13(8-12)18-19-14-6-3-7-15(9-14)26(20,21)16-10-17(25-11-16)27(22,23)24/h2-11H,1H3,(H,22,23,24)/b19-18+. The van der Waals surface area contributed by atoms with Crippen LogP contribution in [0.2, 0.25) is 0 Å². The summed E-state index contributed by atoms with van der Waals surface area (Å²) in [6.07, 6.45) is 0. The van der Waals surface area contributed by atoms with Crippen LogP contribution in [0.4, 0.5) is 11.4 Å². The highest BCUT2D eigenvalue weighted by atomic mass is 32.3. The van der Waals surface area contributed by atoms with Gasteiger partial charge < -0.3 is 0 Å².